The minimum absolute atomic E-state index is 0.0762. The van der Waals surface area contributed by atoms with Crippen molar-refractivity contribution < 1.29 is 4.79 Å². The number of nitrogens with one attached hydrogen (secondary N) is 1. The molecule has 1 aromatic heterocycles. The van der Waals surface area contributed by atoms with E-state index in [4.69, 9.17) is 0 Å². The van der Waals surface area contributed by atoms with Crippen LogP contribution in [0.3, 0.4) is 0 Å². The third-order valence-corrected chi connectivity index (χ3v) is 4.59. The number of nitrogens with zero attached hydrogens (tertiary/aromatic N) is 2. The lowest BCUT2D eigenvalue weighted by atomic mass is 10.1. The summed E-state index contributed by atoms with van der Waals surface area (Å²) in [4.78, 5) is 13.6. The molecule has 0 saturated carbocycles. The smallest absolute Gasteiger partial charge is 0.253 e. The van der Waals surface area contributed by atoms with Crippen molar-refractivity contribution in [1.29, 1.82) is 0 Å². The summed E-state index contributed by atoms with van der Waals surface area (Å²) in [5.41, 5.74) is 3.40. The molecular weight excluding hydrogens is 306 g/mol. The monoisotopic (exact) mass is 329 g/mol. The Kier molecular flexibility index (Phi) is 6.59. The number of hydrogen-bond donors (Lipinski definition) is 1. The number of hydrogen-bond acceptors (Lipinski definition) is 4. The van der Waals surface area contributed by atoms with Crippen molar-refractivity contribution in [2.75, 3.05) is 12.3 Å². The second-order valence-corrected chi connectivity index (χ2v) is 6.54. The Labute approximate surface area is 142 Å². The molecule has 0 aliphatic carbocycles. The van der Waals surface area contributed by atoms with Crippen molar-refractivity contribution >= 4 is 17.7 Å². The Morgan fingerprint density at radius 3 is 2.74 bits per heavy atom. The van der Waals surface area contributed by atoms with Crippen LogP contribution in [0.1, 0.15) is 41.2 Å². The fourth-order valence-corrected chi connectivity index (χ4v) is 3.15. The summed E-state index contributed by atoms with van der Waals surface area (Å²) in [6, 6.07) is 10.2. The molecule has 0 fully saturated rings. The number of rotatable bonds is 7. The number of carbonyl (C=O) groups excluding carboxylic acids is 1. The molecule has 2 rings (SSSR count). The third-order valence-electron chi connectivity index (χ3n) is 3.59. The molecule has 0 aliphatic rings. The lowest BCUT2D eigenvalue weighted by molar-refractivity contribution is 0.0952. The second kappa shape index (κ2) is 8.67. The summed E-state index contributed by atoms with van der Waals surface area (Å²) in [5.74, 6) is 0.970. The van der Waals surface area contributed by atoms with Gasteiger partial charge >= 0.3 is 0 Å². The predicted molar refractivity (Wildman–Crippen MR) is 95.0 cm³/mol. The minimum atomic E-state index is -0.0762. The molecule has 122 valence electrons. The second-order valence-electron chi connectivity index (χ2n) is 5.23. The van der Waals surface area contributed by atoms with Crippen molar-refractivity contribution in [3.63, 3.8) is 0 Å². The van der Waals surface area contributed by atoms with E-state index in [2.05, 4.69) is 40.6 Å². The molecule has 0 radical (unpaired) electrons. The number of carbonyl (C=O) groups is 1. The molecule has 1 heterocycles. The van der Waals surface area contributed by atoms with E-state index in [-0.39, 0.29) is 5.91 Å². The maximum Gasteiger partial charge on any atom is 0.253 e. The molecule has 5 heteroatoms. The van der Waals surface area contributed by atoms with E-state index < -0.39 is 0 Å². The van der Waals surface area contributed by atoms with Crippen molar-refractivity contribution in [1.82, 2.24) is 15.5 Å². The molecule has 0 bridgehead atoms. The number of benzene rings is 1. The topological polar surface area (TPSA) is 54.9 Å². The van der Waals surface area contributed by atoms with Crippen LogP contribution in [0, 0.1) is 6.92 Å². The highest BCUT2D eigenvalue weighted by atomic mass is 32.2. The zero-order chi connectivity index (χ0) is 16.7. The van der Waals surface area contributed by atoms with E-state index in [9.17, 15) is 4.79 Å². The third kappa shape index (κ3) is 4.79. The fourth-order valence-electron chi connectivity index (χ4n) is 2.31. The first-order chi connectivity index (χ1) is 11.2. The van der Waals surface area contributed by atoms with Crippen molar-refractivity contribution in [2.45, 2.75) is 38.5 Å². The molecule has 1 amide bonds. The van der Waals surface area contributed by atoms with Crippen LogP contribution in [0.5, 0.6) is 0 Å². The van der Waals surface area contributed by atoms with Gasteiger partial charge in [0.05, 0.1) is 17.0 Å². The zero-order valence-electron chi connectivity index (χ0n) is 13.9. The van der Waals surface area contributed by atoms with Gasteiger partial charge in [0.1, 0.15) is 0 Å². The van der Waals surface area contributed by atoms with Gasteiger partial charge in [0.15, 0.2) is 0 Å². The van der Waals surface area contributed by atoms with Gasteiger partial charge in [0, 0.05) is 11.4 Å². The van der Waals surface area contributed by atoms with Crippen LogP contribution in [-0.4, -0.2) is 28.4 Å². The van der Waals surface area contributed by atoms with Crippen LogP contribution >= 0.6 is 11.8 Å². The lowest BCUT2D eigenvalue weighted by Gasteiger charge is -2.10. The predicted octanol–water partition coefficient (Wildman–Crippen LogP) is 3.43. The molecular formula is C18H23N3OS. The van der Waals surface area contributed by atoms with Crippen LogP contribution in [0.4, 0.5) is 0 Å². The normalized spacial score (nSPS) is 10.6. The largest absolute Gasteiger partial charge is 0.352 e. The number of thioether (sulfide) groups is 1. The molecule has 0 saturated heterocycles. The molecule has 0 atom stereocenters. The molecule has 0 unspecified atom stereocenters. The van der Waals surface area contributed by atoms with Gasteiger partial charge in [-0.05, 0) is 43.2 Å². The maximum atomic E-state index is 12.4. The first-order valence-corrected chi connectivity index (χ1v) is 8.96. The number of aryl methyl sites for hydroxylation is 2. The molecule has 23 heavy (non-hydrogen) atoms. The number of aromatic nitrogens is 2. The highest BCUT2D eigenvalue weighted by molar-refractivity contribution is 7.99. The molecule has 2 aromatic rings. The lowest BCUT2D eigenvalue weighted by Crippen LogP contribution is -2.27. The summed E-state index contributed by atoms with van der Waals surface area (Å²) < 4.78 is 0. The van der Waals surface area contributed by atoms with Gasteiger partial charge in [0.2, 0.25) is 0 Å². The summed E-state index contributed by atoms with van der Waals surface area (Å²) >= 11 is 1.83. The van der Waals surface area contributed by atoms with Crippen molar-refractivity contribution in [3.8, 4) is 0 Å². The standard InChI is InChI=1S/C18H23N3OS/c1-4-15-12-16(13(3)20-21-15)18(22)19-11-10-14-8-6-7-9-17(14)23-5-2/h6-9,12H,4-5,10-11H2,1-3H3,(H,19,22). The van der Waals surface area contributed by atoms with E-state index in [1.807, 2.05) is 37.7 Å². The van der Waals surface area contributed by atoms with Gasteiger partial charge in [-0.3, -0.25) is 4.79 Å². The summed E-state index contributed by atoms with van der Waals surface area (Å²) in [6.07, 6.45) is 1.60. The Hall–Kier alpha value is -1.88. The Balaban J connectivity index is 1.98. The van der Waals surface area contributed by atoms with Crippen LogP contribution in [0.2, 0.25) is 0 Å². The SMILES string of the molecule is CCSc1ccccc1CCNC(=O)c1cc(CC)nnc1C. The van der Waals surface area contributed by atoms with Gasteiger partial charge in [0.25, 0.3) is 5.91 Å². The summed E-state index contributed by atoms with van der Waals surface area (Å²) in [7, 11) is 0. The van der Waals surface area contributed by atoms with E-state index in [1.165, 1.54) is 10.5 Å². The quantitative estimate of drug-likeness (QED) is 0.791. The van der Waals surface area contributed by atoms with Crippen LogP contribution < -0.4 is 5.32 Å². The van der Waals surface area contributed by atoms with Gasteiger partial charge in [-0.1, -0.05) is 32.0 Å². The van der Waals surface area contributed by atoms with Crippen LogP contribution in [-0.2, 0) is 12.8 Å². The molecule has 1 N–H and O–H groups in total. The molecule has 0 aliphatic heterocycles. The Bertz CT molecular complexity index is 673. The van der Waals surface area contributed by atoms with Crippen molar-refractivity contribution in [3.05, 3.63) is 52.8 Å². The van der Waals surface area contributed by atoms with E-state index >= 15 is 0 Å². The average Bonchev–Trinajstić information content (AvgIpc) is 2.57. The summed E-state index contributed by atoms with van der Waals surface area (Å²) in [5, 5.41) is 11.1. The first-order valence-electron chi connectivity index (χ1n) is 7.97. The Morgan fingerprint density at radius 1 is 1.22 bits per heavy atom. The van der Waals surface area contributed by atoms with E-state index in [1.54, 1.807) is 0 Å². The van der Waals surface area contributed by atoms with Gasteiger partial charge in [-0.25, -0.2) is 0 Å². The highest BCUT2D eigenvalue weighted by Gasteiger charge is 2.11. The average molecular weight is 329 g/mol. The summed E-state index contributed by atoms with van der Waals surface area (Å²) in [6.45, 7) is 6.58. The first kappa shape index (κ1) is 17.5. The molecule has 1 aromatic carbocycles. The van der Waals surface area contributed by atoms with Crippen LogP contribution in [0.25, 0.3) is 0 Å². The van der Waals surface area contributed by atoms with Gasteiger partial charge in [-0.2, -0.15) is 10.2 Å². The Morgan fingerprint density at radius 2 is 2.00 bits per heavy atom. The highest BCUT2D eigenvalue weighted by Crippen LogP contribution is 2.22. The van der Waals surface area contributed by atoms with Gasteiger partial charge in [-0.15, -0.1) is 11.8 Å². The molecule has 0 spiro atoms. The van der Waals surface area contributed by atoms with E-state index in [0.717, 1.165) is 24.3 Å². The van der Waals surface area contributed by atoms with Crippen LogP contribution in [0.15, 0.2) is 35.2 Å². The van der Waals surface area contributed by atoms with Crippen molar-refractivity contribution in [2.24, 2.45) is 0 Å². The minimum Gasteiger partial charge on any atom is -0.352 e. The fraction of sp³-hybridized carbons (Fsp3) is 0.389. The zero-order valence-corrected chi connectivity index (χ0v) is 14.7. The number of amides is 1. The van der Waals surface area contributed by atoms with E-state index in [0.29, 0.717) is 17.8 Å². The molecule has 4 nitrogen and oxygen atoms in total. The maximum absolute atomic E-state index is 12.4. The van der Waals surface area contributed by atoms with Gasteiger partial charge < -0.3 is 5.32 Å².